The van der Waals surface area contributed by atoms with Crippen LogP contribution in [0.3, 0.4) is 0 Å². The number of hydrogen-bond acceptors (Lipinski definition) is 2. The Bertz CT molecular complexity index is 796. The molecule has 26 heavy (non-hydrogen) atoms. The van der Waals surface area contributed by atoms with Crippen molar-refractivity contribution in [3.8, 4) is 0 Å². The van der Waals surface area contributed by atoms with E-state index in [1.165, 1.54) is 5.56 Å². The molecule has 0 saturated carbocycles. The highest BCUT2D eigenvalue weighted by Crippen LogP contribution is 2.44. The van der Waals surface area contributed by atoms with Crippen molar-refractivity contribution in [1.82, 2.24) is 10.2 Å². The van der Waals surface area contributed by atoms with Crippen LogP contribution < -0.4 is 5.32 Å². The number of carbonyl (C=O) groups is 1. The van der Waals surface area contributed by atoms with E-state index in [9.17, 15) is 13.6 Å². The number of rotatable bonds is 4. The molecule has 2 aliphatic rings. The third-order valence-electron chi connectivity index (χ3n) is 5.67. The first kappa shape index (κ1) is 17.2. The van der Waals surface area contributed by atoms with Gasteiger partial charge in [0, 0.05) is 24.2 Å². The molecule has 1 N–H and O–H groups in total. The van der Waals surface area contributed by atoms with E-state index in [1.807, 2.05) is 18.2 Å². The lowest BCUT2D eigenvalue weighted by atomic mass is 9.93. The average molecular weight is 356 g/mol. The van der Waals surface area contributed by atoms with Crippen molar-refractivity contribution in [3.05, 3.63) is 71.3 Å². The first-order chi connectivity index (χ1) is 12.6. The van der Waals surface area contributed by atoms with Gasteiger partial charge in [-0.05, 0) is 49.6 Å². The Hall–Kier alpha value is -2.27. The van der Waals surface area contributed by atoms with E-state index in [4.69, 9.17) is 0 Å². The fraction of sp³-hybridized carbons (Fsp3) is 0.381. The fourth-order valence-corrected chi connectivity index (χ4v) is 4.44. The summed E-state index contributed by atoms with van der Waals surface area (Å²) >= 11 is 0. The van der Waals surface area contributed by atoms with E-state index >= 15 is 0 Å². The summed E-state index contributed by atoms with van der Waals surface area (Å²) < 4.78 is 27.1. The summed E-state index contributed by atoms with van der Waals surface area (Å²) in [6.45, 7) is 1.02. The van der Waals surface area contributed by atoms with Gasteiger partial charge in [0.2, 0.25) is 5.91 Å². The number of nitrogens with one attached hydrogen (secondary N) is 1. The van der Waals surface area contributed by atoms with Gasteiger partial charge in [0.1, 0.15) is 11.6 Å². The summed E-state index contributed by atoms with van der Waals surface area (Å²) in [6, 6.07) is 14.1. The van der Waals surface area contributed by atoms with Crippen molar-refractivity contribution >= 4 is 5.91 Å². The zero-order valence-electron chi connectivity index (χ0n) is 14.5. The molecule has 0 radical (unpaired) electrons. The van der Waals surface area contributed by atoms with Gasteiger partial charge in [0.15, 0.2) is 0 Å². The van der Waals surface area contributed by atoms with Crippen molar-refractivity contribution in [2.75, 3.05) is 6.54 Å². The summed E-state index contributed by atoms with van der Waals surface area (Å²) in [4.78, 5) is 15.2. The number of carbonyl (C=O) groups excluding carboxylic acids is 1. The molecule has 1 amide bonds. The Morgan fingerprint density at radius 2 is 1.96 bits per heavy atom. The minimum Gasteiger partial charge on any atom is -0.352 e. The Kier molecular flexibility index (Phi) is 4.72. The van der Waals surface area contributed by atoms with Gasteiger partial charge in [0.05, 0.1) is 5.92 Å². The number of hydrogen-bond donors (Lipinski definition) is 1. The first-order valence-corrected chi connectivity index (χ1v) is 9.16. The SMILES string of the molecule is O=C(NCc1cc(F)ccc1F)[C@@H]1C[C@H](c2ccccc2)N2CCC[C@@H]12. The Morgan fingerprint density at radius 1 is 1.15 bits per heavy atom. The van der Waals surface area contributed by atoms with Gasteiger partial charge in [-0.15, -0.1) is 0 Å². The van der Waals surface area contributed by atoms with Crippen molar-refractivity contribution in [2.45, 2.75) is 37.9 Å². The van der Waals surface area contributed by atoms with Crippen LogP contribution >= 0.6 is 0 Å². The molecule has 2 aromatic rings. The minimum atomic E-state index is -0.498. The standard InChI is InChI=1S/C21H22F2N2O/c22-16-8-9-18(23)15(11-16)13-24-21(26)17-12-20(14-5-2-1-3-6-14)25-10-4-7-19(17)25/h1-3,5-6,8-9,11,17,19-20H,4,7,10,12-13H2,(H,24,26)/t17-,19+,20-/m1/s1. The second-order valence-electron chi connectivity index (χ2n) is 7.17. The largest absolute Gasteiger partial charge is 0.352 e. The molecule has 0 aliphatic carbocycles. The summed E-state index contributed by atoms with van der Waals surface area (Å²) in [6.07, 6.45) is 2.87. The topological polar surface area (TPSA) is 32.3 Å². The Balaban J connectivity index is 1.47. The molecule has 2 fully saturated rings. The van der Waals surface area contributed by atoms with Gasteiger partial charge in [-0.3, -0.25) is 9.69 Å². The Morgan fingerprint density at radius 3 is 2.77 bits per heavy atom. The zero-order chi connectivity index (χ0) is 18.1. The van der Waals surface area contributed by atoms with Crippen LogP contribution in [0.15, 0.2) is 48.5 Å². The van der Waals surface area contributed by atoms with Crippen molar-refractivity contribution in [1.29, 1.82) is 0 Å². The van der Waals surface area contributed by atoms with E-state index in [-0.39, 0.29) is 36.0 Å². The second-order valence-corrected chi connectivity index (χ2v) is 7.17. The maximum Gasteiger partial charge on any atom is 0.225 e. The smallest absolute Gasteiger partial charge is 0.225 e. The Labute approximate surface area is 152 Å². The fourth-order valence-electron chi connectivity index (χ4n) is 4.44. The third-order valence-corrected chi connectivity index (χ3v) is 5.67. The molecule has 136 valence electrons. The minimum absolute atomic E-state index is 0.0155. The van der Waals surface area contributed by atoms with Crippen LogP contribution in [0, 0.1) is 17.6 Å². The van der Waals surface area contributed by atoms with Crippen molar-refractivity contribution in [3.63, 3.8) is 0 Å². The average Bonchev–Trinajstić information content (AvgIpc) is 3.25. The number of benzene rings is 2. The molecule has 0 aromatic heterocycles. The summed E-state index contributed by atoms with van der Waals surface area (Å²) in [5.74, 6) is -1.17. The van der Waals surface area contributed by atoms with E-state index in [2.05, 4.69) is 22.3 Å². The zero-order valence-corrected chi connectivity index (χ0v) is 14.5. The molecule has 2 heterocycles. The molecule has 3 atom stereocenters. The predicted octanol–water partition coefficient (Wildman–Crippen LogP) is 3.81. The van der Waals surface area contributed by atoms with Gasteiger partial charge < -0.3 is 5.32 Å². The lowest BCUT2D eigenvalue weighted by Gasteiger charge is -2.24. The van der Waals surface area contributed by atoms with E-state index < -0.39 is 11.6 Å². The summed E-state index contributed by atoms with van der Waals surface area (Å²) in [7, 11) is 0. The number of halogens is 2. The highest BCUT2D eigenvalue weighted by Gasteiger charge is 2.46. The lowest BCUT2D eigenvalue weighted by Crippen LogP contribution is -2.37. The third kappa shape index (κ3) is 3.23. The van der Waals surface area contributed by atoms with Crippen LogP contribution in [0.1, 0.15) is 36.4 Å². The molecule has 0 bridgehead atoms. The molecule has 3 nitrogen and oxygen atoms in total. The van der Waals surface area contributed by atoms with Crippen LogP contribution in [-0.2, 0) is 11.3 Å². The highest BCUT2D eigenvalue weighted by atomic mass is 19.1. The summed E-state index contributed by atoms with van der Waals surface area (Å²) in [5, 5.41) is 2.82. The highest BCUT2D eigenvalue weighted by molar-refractivity contribution is 5.80. The molecule has 2 aromatic carbocycles. The van der Waals surface area contributed by atoms with Crippen molar-refractivity contribution in [2.24, 2.45) is 5.92 Å². The normalized spacial score (nSPS) is 25.2. The van der Waals surface area contributed by atoms with Crippen LogP contribution in [0.5, 0.6) is 0 Å². The van der Waals surface area contributed by atoms with Crippen LogP contribution in [-0.4, -0.2) is 23.4 Å². The molecule has 2 saturated heterocycles. The van der Waals surface area contributed by atoms with Crippen LogP contribution in [0.25, 0.3) is 0 Å². The molecule has 0 unspecified atom stereocenters. The van der Waals surface area contributed by atoms with Gasteiger partial charge in [-0.25, -0.2) is 8.78 Å². The number of fused-ring (bicyclic) bond motifs is 1. The molecular formula is C21H22F2N2O. The molecular weight excluding hydrogens is 334 g/mol. The van der Waals surface area contributed by atoms with Crippen molar-refractivity contribution < 1.29 is 13.6 Å². The maximum absolute atomic E-state index is 13.8. The quantitative estimate of drug-likeness (QED) is 0.904. The lowest BCUT2D eigenvalue weighted by molar-refractivity contribution is -0.125. The van der Waals surface area contributed by atoms with Gasteiger partial charge in [-0.2, -0.15) is 0 Å². The molecule has 0 spiro atoms. The second kappa shape index (κ2) is 7.16. The van der Waals surface area contributed by atoms with E-state index in [0.717, 1.165) is 44.0 Å². The van der Waals surface area contributed by atoms with Crippen LogP contribution in [0.4, 0.5) is 8.78 Å². The monoisotopic (exact) mass is 356 g/mol. The van der Waals surface area contributed by atoms with Gasteiger partial charge in [0.25, 0.3) is 0 Å². The van der Waals surface area contributed by atoms with Gasteiger partial charge >= 0.3 is 0 Å². The van der Waals surface area contributed by atoms with Crippen LogP contribution in [0.2, 0.25) is 0 Å². The number of amides is 1. The number of nitrogens with zero attached hydrogens (tertiary/aromatic N) is 1. The van der Waals surface area contributed by atoms with E-state index in [1.54, 1.807) is 0 Å². The maximum atomic E-state index is 13.8. The molecule has 4 rings (SSSR count). The molecule has 5 heteroatoms. The molecule has 2 aliphatic heterocycles. The predicted molar refractivity (Wildman–Crippen MR) is 95.2 cm³/mol. The van der Waals surface area contributed by atoms with E-state index in [0.29, 0.717) is 0 Å². The van der Waals surface area contributed by atoms with Gasteiger partial charge in [-0.1, -0.05) is 30.3 Å². The first-order valence-electron chi connectivity index (χ1n) is 9.16. The summed E-state index contributed by atoms with van der Waals surface area (Å²) in [5.41, 5.74) is 1.42.